The zero-order chi connectivity index (χ0) is 12.7. The van der Waals surface area contributed by atoms with Gasteiger partial charge in [-0.25, -0.2) is 0 Å². The third kappa shape index (κ3) is 6.78. The van der Waals surface area contributed by atoms with Gasteiger partial charge in [-0.1, -0.05) is 61.5 Å². The largest absolute Gasteiger partial charge is 0.380 e. The van der Waals surface area contributed by atoms with Crippen LogP contribution in [0.1, 0.15) is 12.0 Å². The van der Waals surface area contributed by atoms with Gasteiger partial charge in [-0.15, -0.1) is 0 Å². The molecule has 0 bridgehead atoms. The van der Waals surface area contributed by atoms with Crippen molar-refractivity contribution in [1.29, 1.82) is 0 Å². The second-order valence-corrected chi connectivity index (χ2v) is 10.2. The van der Waals surface area contributed by atoms with Gasteiger partial charge in [0, 0.05) is 12.0 Å². The van der Waals surface area contributed by atoms with E-state index in [0.717, 1.165) is 5.56 Å². The maximum atomic E-state index is 9.70. The summed E-state index contributed by atoms with van der Waals surface area (Å²) < 4.78 is 0. The molecule has 0 aromatic heterocycles. The molecule has 0 fully saturated rings. The Balaban J connectivity index is 2.48. The first-order valence-corrected chi connectivity index (χ1v) is 9.47. The number of hydrogen-bond acceptors (Lipinski definition) is 1. The van der Waals surface area contributed by atoms with Crippen molar-refractivity contribution in [2.75, 3.05) is 0 Å². The summed E-state index contributed by atoms with van der Waals surface area (Å²) in [5.41, 5.74) is 3.18. The highest BCUT2D eigenvalue weighted by molar-refractivity contribution is 6.80. The Labute approximate surface area is 105 Å². The summed E-state index contributed by atoms with van der Waals surface area (Å²) in [6.45, 7) is 6.81. The normalized spacial score (nSPS) is 13.2. The predicted octanol–water partition coefficient (Wildman–Crippen LogP) is 3.22. The van der Waals surface area contributed by atoms with Crippen LogP contribution in [0.3, 0.4) is 0 Å². The summed E-state index contributed by atoms with van der Waals surface area (Å²) in [6, 6.07) is 9.73. The highest BCUT2D eigenvalue weighted by Crippen LogP contribution is 2.04. The molecule has 0 unspecified atom stereocenters. The SMILES string of the molecule is C[Si](C)(C)/C=C/C[C@@H](O)C#Cc1ccccc1. The van der Waals surface area contributed by atoms with Crippen molar-refractivity contribution in [2.45, 2.75) is 32.2 Å². The summed E-state index contributed by atoms with van der Waals surface area (Å²) >= 11 is 0. The van der Waals surface area contributed by atoms with E-state index in [2.05, 4.69) is 43.3 Å². The molecule has 1 N–H and O–H groups in total. The van der Waals surface area contributed by atoms with Crippen molar-refractivity contribution < 1.29 is 5.11 Å². The molecule has 0 radical (unpaired) electrons. The molecule has 2 heteroatoms. The topological polar surface area (TPSA) is 20.2 Å². The molecule has 0 aliphatic heterocycles. The Morgan fingerprint density at radius 1 is 1.24 bits per heavy atom. The molecule has 0 aliphatic carbocycles. The predicted molar refractivity (Wildman–Crippen MR) is 76.4 cm³/mol. The zero-order valence-electron chi connectivity index (χ0n) is 10.8. The minimum Gasteiger partial charge on any atom is -0.380 e. The number of aliphatic hydroxyl groups is 1. The Hall–Kier alpha value is -1.30. The Kier molecular flexibility index (Phi) is 5.21. The van der Waals surface area contributed by atoms with Gasteiger partial charge in [-0.2, -0.15) is 0 Å². The fourth-order valence-corrected chi connectivity index (χ4v) is 2.14. The van der Waals surface area contributed by atoms with Gasteiger partial charge in [0.1, 0.15) is 6.10 Å². The Bertz CT molecular complexity index is 418. The van der Waals surface area contributed by atoms with Gasteiger partial charge in [0.15, 0.2) is 0 Å². The summed E-state index contributed by atoms with van der Waals surface area (Å²) in [4.78, 5) is 0. The van der Waals surface area contributed by atoms with Crippen LogP contribution in [0, 0.1) is 11.8 Å². The lowest BCUT2D eigenvalue weighted by Crippen LogP contribution is -2.15. The van der Waals surface area contributed by atoms with Crippen LogP contribution in [-0.4, -0.2) is 19.3 Å². The minimum atomic E-state index is -1.15. The van der Waals surface area contributed by atoms with Gasteiger partial charge >= 0.3 is 0 Å². The first kappa shape index (κ1) is 13.8. The van der Waals surface area contributed by atoms with Crippen molar-refractivity contribution >= 4 is 8.07 Å². The van der Waals surface area contributed by atoms with Crippen LogP contribution >= 0.6 is 0 Å². The van der Waals surface area contributed by atoms with Gasteiger partial charge in [0.05, 0.1) is 8.07 Å². The first-order valence-electron chi connectivity index (χ1n) is 5.90. The van der Waals surface area contributed by atoms with Gasteiger partial charge in [-0.05, 0) is 12.1 Å². The van der Waals surface area contributed by atoms with Crippen LogP contribution in [0.5, 0.6) is 0 Å². The third-order valence-electron chi connectivity index (χ3n) is 2.13. The molecule has 0 heterocycles. The van der Waals surface area contributed by atoms with E-state index in [9.17, 15) is 5.11 Å². The molecule has 1 atom stereocenters. The van der Waals surface area contributed by atoms with Crippen molar-refractivity contribution in [3.8, 4) is 11.8 Å². The molecule has 0 spiro atoms. The molecule has 0 aliphatic rings. The summed E-state index contributed by atoms with van der Waals surface area (Å²) in [5.74, 6) is 5.82. The number of rotatable bonds is 3. The molecule has 90 valence electrons. The Morgan fingerprint density at radius 3 is 2.47 bits per heavy atom. The molecule has 0 saturated heterocycles. The van der Waals surface area contributed by atoms with Gasteiger partial charge in [-0.3, -0.25) is 0 Å². The second kappa shape index (κ2) is 6.44. The van der Waals surface area contributed by atoms with Gasteiger partial charge in [0.25, 0.3) is 0 Å². The fourth-order valence-electron chi connectivity index (χ4n) is 1.30. The monoisotopic (exact) mass is 244 g/mol. The number of aliphatic hydroxyl groups excluding tert-OH is 1. The zero-order valence-corrected chi connectivity index (χ0v) is 11.8. The van der Waals surface area contributed by atoms with E-state index < -0.39 is 14.2 Å². The molecule has 1 aromatic rings. The lowest BCUT2D eigenvalue weighted by molar-refractivity contribution is 0.236. The van der Waals surface area contributed by atoms with Gasteiger partial charge in [0.2, 0.25) is 0 Å². The lowest BCUT2D eigenvalue weighted by Gasteiger charge is -2.08. The minimum absolute atomic E-state index is 0.567. The molecule has 0 saturated carbocycles. The van der Waals surface area contributed by atoms with Crippen LogP contribution in [0.4, 0.5) is 0 Å². The fraction of sp³-hybridized carbons (Fsp3) is 0.333. The average Bonchev–Trinajstić information content (AvgIpc) is 2.26. The Morgan fingerprint density at radius 2 is 1.88 bits per heavy atom. The van der Waals surface area contributed by atoms with Crippen LogP contribution in [0.15, 0.2) is 42.1 Å². The molecular weight excluding hydrogens is 224 g/mol. The van der Waals surface area contributed by atoms with Crippen molar-refractivity contribution in [3.63, 3.8) is 0 Å². The smallest absolute Gasteiger partial charge is 0.118 e. The molecule has 1 aromatic carbocycles. The van der Waals surface area contributed by atoms with E-state index in [1.807, 2.05) is 30.3 Å². The van der Waals surface area contributed by atoms with E-state index in [-0.39, 0.29) is 0 Å². The molecule has 17 heavy (non-hydrogen) atoms. The molecular formula is C15H20OSi. The second-order valence-electron chi connectivity index (χ2n) is 5.16. The highest BCUT2D eigenvalue weighted by atomic mass is 28.3. The van der Waals surface area contributed by atoms with E-state index >= 15 is 0 Å². The van der Waals surface area contributed by atoms with Crippen LogP contribution in [0.25, 0.3) is 0 Å². The van der Waals surface area contributed by atoms with Gasteiger partial charge < -0.3 is 5.11 Å². The number of hydrogen-bond donors (Lipinski definition) is 1. The van der Waals surface area contributed by atoms with Crippen molar-refractivity contribution in [3.05, 3.63) is 47.7 Å². The lowest BCUT2D eigenvalue weighted by atomic mass is 10.2. The third-order valence-corrected chi connectivity index (χ3v) is 3.37. The first-order chi connectivity index (χ1) is 7.97. The molecule has 1 rings (SSSR count). The maximum Gasteiger partial charge on any atom is 0.118 e. The highest BCUT2D eigenvalue weighted by Gasteiger charge is 2.06. The number of benzene rings is 1. The van der Waals surface area contributed by atoms with E-state index in [4.69, 9.17) is 0 Å². The quantitative estimate of drug-likeness (QED) is 0.639. The summed E-state index contributed by atoms with van der Waals surface area (Å²) in [6.07, 6.45) is 2.10. The van der Waals surface area contributed by atoms with E-state index in [1.54, 1.807) is 0 Å². The van der Waals surface area contributed by atoms with Crippen LogP contribution < -0.4 is 0 Å². The van der Waals surface area contributed by atoms with Crippen molar-refractivity contribution in [2.24, 2.45) is 0 Å². The maximum absolute atomic E-state index is 9.70. The van der Waals surface area contributed by atoms with Crippen molar-refractivity contribution in [1.82, 2.24) is 0 Å². The van der Waals surface area contributed by atoms with E-state index in [1.165, 1.54) is 0 Å². The van der Waals surface area contributed by atoms with E-state index in [0.29, 0.717) is 6.42 Å². The van der Waals surface area contributed by atoms with Crippen LogP contribution in [0.2, 0.25) is 19.6 Å². The van der Waals surface area contributed by atoms with Crippen LogP contribution in [-0.2, 0) is 0 Å². The summed E-state index contributed by atoms with van der Waals surface area (Å²) in [5, 5.41) is 9.70. The molecule has 0 amide bonds. The molecule has 1 nitrogen and oxygen atoms in total. The average molecular weight is 244 g/mol. The summed E-state index contributed by atoms with van der Waals surface area (Å²) in [7, 11) is -1.15. The standard InChI is InChI=1S/C15H20OSi/c1-17(2,3)13-7-10-15(16)12-11-14-8-5-4-6-9-14/h4-9,13,15-16H,10H2,1-3H3/b13-7+/t15-/m1/s1.